The van der Waals surface area contributed by atoms with E-state index in [4.69, 9.17) is 5.73 Å². The normalized spacial score (nSPS) is 16.2. The molecule has 0 fully saturated rings. The molecule has 0 radical (unpaired) electrons. The van der Waals surface area contributed by atoms with E-state index in [0.717, 1.165) is 0 Å². The Morgan fingerprint density at radius 3 is 3.00 bits per heavy atom. The number of primary amides is 1. The lowest BCUT2D eigenvalue weighted by atomic mass is 10.4. The lowest BCUT2D eigenvalue weighted by Gasteiger charge is -2.05. The van der Waals surface area contributed by atoms with Gasteiger partial charge in [0.1, 0.15) is 12.4 Å². The van der Waals surface area contributed by atoms with Gasteiger partial charge in [0.15, 0.2) is 0 Å². The zero-order valence-corrected chi connectivity index (χ0v) is 4.79. The molecule has 4 nitrogen and oxygen atoms in total. The lowest BCUT2D eigenvalue weighted by molar-refractivity contribution is -0.114. The summed E-state index contributed by atoms with van der Waals surface area (Å²) in [5, 5.41) is 2.71. The van der Waals surface area contributed by atoms with Crippen molar-refractivity contribution in [1.29, 1.82) is 0 Å². The van der Waals surface area contributed by atoms with Crippen LogP contribution in [0.15, 0.2) is 16.8 Å². The first kappa shape index (κ1) is 5.81. The largest absolute Gasteiger partial charge is 0.364 e. The Morgan fingerprint density at radius 2 is 2.67 bits per heavy atom. The van der Waals surface area contributed by atoms with Crippen molar-refractivity contribution in [3.05, 3.63) is 11.8 Å². The molecule has 1 rings (SSSR count). The summed E-state index contributed by atoms with van der Waals surface area (Å²) >= 11 is 0. The Morgan fingerprint density at radius 1 is 1.89 bits per heavy atom. The minimum Gasteiger partial charge on any atom is -0.364 e. The number of nitrogens with two attached hydrogens (primary N) is 1. The van der Waals surface area contributed by atoms with Crippen LogP contribution in [0.5, 0.6) is 0 Å². The molecular weight excluding hydrogens is 118 g/mol. The number of carbonyl (C=O) groups excluding carboxylic acids is 1. The van der Waals surface area contributed by atoms with Gasteiger partial charge in [-0.3, -0.25) is 9.79 Å². The van der Waals surface area contributed by atoms with Gasteiger partial charge >= 0.3 is 0 Å². The minimum atomic E-state index is -0.443. The summed E-state index contributed by atoms with van der Waals surface area (Å²) in [6.07, 6.45) is 3.10. The van der Waals surface area contributed by atoms with E-state index < -0.39 is 5.91 Å². The smallest absolute Gasteiger partial charge is 0.264 e. The van der Waals surface area contributed by atoms with Gasteiger partial charge in [0, 0.05) is 6.21 Å². The molecule has 0 aromatic carbocycles. The van der Waals surface area contributed by atoms with Crippen LogP contribution in [-0.4, -0.2) is 18.8 Å². The molecule has 48 valence electrons. The highest BCUT2D eigenvalue weighted by Crippen LogP contribution is 1.88. The Balaban J connectivity index is 2.68. The fourth-order valence-electron chi connectivity index (χ4n) is 0.539. The van der Waals surface area contributed by atoms with Gasteiger partial charge in [0.2, 0.25) is 0 Å². The first-order valence-corrected chi connectivity index (χ1v) is 2.54. The van der Waals surface area contributed by atoms with Crippen molar-refractivity contribution in [2.75, 3.05) is 6.67 Å². The number of aliphatic imine (C=N–C) groups is 1. The van der Waals surface area contributed by atoms with Crippen LogP contribution in [0.1, 0.15) is 0 Å². The van der Waals surface area contributed by atoms with Crippen molar-refractivity contribution in [3.8, 4) is 0 Å². The van der Waals surface area contributed by atoms with Crippen LogP contribution in [0.3, 0.4) is 0 Å². The third kappa shape index (κ3) is 1.28. The number of hydrogen-bond donors (Lipinski definition) is 2. The van der Waals surface area contributed by atoms with Gasteiger partial charge in [-0.2, -0.15) is 0 Å². The Labute approximate surface area is 52.5 Å². The Kier molecular flexibility index (Phi) is 1.48. The molecule has 0 aromatic rings. The summed E-state index contributed by atoms with van der Waals surface area (Å²) in [5.74, 6) is -0.443. The minimum absolute atomic E-state index is 0.421. The molecule has 1 aliphatic rings. The van der Waals surface area contributed by atoms with E-state index in [1.54, 1.807) is 12.3 Å². The molecule has 1 heterocycles. The van der Waals surface area contributed by atoms with Crippen molar-refractivity contribution in [2.45, 2.75) is 0 Å². The zero-order chi connectivity index (χ0) is 6.69. The first-order chi connectivity index (χ1) is 4.30. The van der Waals surface area contributed by atoms with Crippen LogP contribution in [0.2, 0.25) is 0 Å². The van der Waals surface area contributed by atoms with Crippen molar-refractivity contribution in [2.24, 2.45) is 10.7 Å². The fraction of sp³-hybridized carbons (Fsp3) is 0.200. The third-order valence-electron chi connectivity index (χ3n) is 0.973. The molecule has 3 N–H and O–H groups in total. The Hall–Kier alpha value is -1.32. The SMILES string of the molecule is NC(=O)C1=CC=NCN1. The van der Waals surface area contributed by atoms with Gasteiger partial charge in [-0.1, -0.05) is 0 Å². The van der Waals surface area contributed by atoms with Crippen LogP contribution in [0.25, 0.3) is 0 Å². The van der Waals surface area contributed by atoms with E-state index in [9.17, 15) is 4.79 Å². The van der Waals surface area contributed by atoms with Crippen molar-refractivity contribution in [1.82, 2.24) is 5.32 Å². The molecule has 1 amide bonds. The molecule has 0 aliphatic carbocycles. The number of nitrogens with zero attached hydrogens (tertiary/aromatic N) is 1. The number of rotatable bonds is 1. The summed E-state index contributed by atoms with van der Waals surface area (Å²) in [7, 11) is 0. The van der Waals surface area contributed by atoms with Crippen LogP contribution >= 0.6 is 0 Å². The number of carbonyl (C=O) groups is 1. The highest BCUT2D eigenvalue weighted by Gasteiger charge is 2.02. The van der Waals surface area contributed by atoms with Gasteiger partial charge in [0.25, 0.3) is 5.91 Å². The second-order valence-electron chi connectivity index (χ2n) is 1.61. The maximum Gasteiger partial charge on any atom is 0.264 e. The molecular formula is C5H7N3O. The number of allylic oxidation sites excluding steroid dienone is 1. The second kappa shape index (κ2) is 2.30. The van der Waals surface area contributed by atoms with Gasteiger partial charge in [-0.25, -0.2) is 0 Å². The van der Waals surface area contributed by atoms with Crippen LogP contribution in [-0.2, 0) is 4.79 Å². The molecule has 9 heavy (non-hydrogen) atoms. The zero-order valence-electron chi connectivity index (χ0n) is 4.79. The van der Waals surface area contributed by atoms with Gasteiger partial charge in [-0.15, -0.1) is 0 Å². The number of hydrogen-bond acceptors (Lipinski definition) is 3. The lowest BCUT2D eigenvalue weighted by Crippen LogP contribution is -2.28. The molecule has 1 aliphatic heterocycles. The fourth-order valence-corrected chi connectivity index (χ4v) is 0.539. The van der Waals surface area contributed by atoms with Crippen LogP contribution in [0.4, 0.5) is 0 Å². The third-order valence-corrected chi connectivity index (χ3v) is 0.973. The van der Waals surface area contributed by atoms with Crippen LogP contribution < -0.4 is 11.1 Å². The monoisotopic (exact) mass is 125 g/mol. The summed E-state index contributed by atoms with van der Waals surface area (Å²) in [6.45, 7) is 0.439. The highest BCUT2D eigenvalue weighted by atomic mass is 16.1. The predicted molar refractivity (Wildman–Crippen MR) is 33.8 cm³/mol. The molecule has 0 bridgehead atoms. The summed E-state index contributed by atoms with van der Waals surface area (Å²) in [6, 6.07) is 0. The van der Waals surface area contributed by atoms with Gasteiger partial charge in [0.05, 0.1) is 0 Å². The predicted octanol–water partition coefficient (Wildman–Crippen LogP) is -1.01. The highest BCUT2D eigenvalue weighted by molar-refractivity contribution is 5.96. The molecule has 0 aromatic heterocycles. The molecule has 4 heteroatoms. The second-order valence-corrected chi connectivity index (χ2v) is 1.61. The van der Waals surface area contributed by atoms with Crippen LogP contribution in [0, 0.1) is 0 Å². The average Bonchev–Trinajstić information content (AvgIpc) is 1.90. The van der Waals surface area contributed by atoms with Gasteiger partial charge in [-0.05, 0) is 6.08 Å². The van der Waals surface area contributed by atoms with E-state index in [2.05, 4.69) is 10.3 Å². The molecule has 0 saturated carbocycles. The quantitative estimate of drug-likeness (QED) is 0.471. The molecule has 0 saturated heterocycles. The van der Waals surface area contributed by atoms with Crippen molar-refractivity contribution >= 4 is 12.1 Å². The maximum atomic E-state index is 10.4. The number of amides is 1. The van der Waals surface area contributed by atoms with Gasteiger partial charge < -0.3 is 11.1 Å². The Bertz CT molecular complexity index is 183. The molecule has 0 unspecified atom stereocenters. The average molecular weight is 125 g/mol. The van der Waals surface area contributed by atoms with E-state index in [-0.39, 0.29) is 0 Å². The maximum absolute atomic E-state index is 10.4. The summed E-state index contributed by atoms with van der Waals surface area (Å²) < 4.78 is 0. The topological polar surface area (TPSA) is 67.5 Å². The van der Waals surface area contributed by atoms with E-state index in [1.165, 1.54) is 0 Å². The first-order valence-electron chi connectivity index (χ1n) is 2.54. The van der Waals surface area contributed by atoms with E-state index in [1.807, 2.05) is 0 Å². The van der Waals surface area contributed by atoms with E-state index >= 15 is 0 Å². The van der Waals surface area contributed by atoms with E-state index in [0.29, 0.717) is 12.4 Å². The van der Waals surface area contributed by atoms with Crippen molar-refractivity contribution < 1.29 is 4.79 Å². The molecule has 0 atom stereocenters. The van der Waals surface area contributed by atoms with Crippen molar-refractivity contribution in [3.63, 3.8) is 0 Å². The summed E-state index contributed by atoms with van der Waals surface area (Å²) in [4.78, 5) is 14.2. The number of nitrogens with one attached hydrogen (secondary N) is 1. The standard InChI is InChI=1S/C5H7N3O/c6-5(9)4-1-2-7-3-8-4/h1-2,8H,3H2,(H2,6,9). The molecule has 0 spiro atoms. The summed E-state index contributed by atoms with van der Waals surface area (Å²) in [5.41, 5.74) is 5.36.